The lowest BCUT2D eigenvalue weighted by atomic mass is 9.70. The highest BCUT2D eigenvalue weighted by atomic mass is 16.9. The SMILES string of the molecule is CCCCCCCCC(CCNCCN)(c1ccccc1)C(OCC)(OCC)OCC. The first-order valence-corrected chi connectivity index (χ1v) is 12.5. The molecule has 0 spiro atoms. The molecule has 3 N–H and O–H groups in total. The van der Waals surface area contributed by atoms with E-state index in [1.807, 2.05) is 20.8 Å². The second kappa shape index (κ2) is 16.6. The average molecular weight is 437 g/mol. The van der Waals surface area contributed by atoms with Gasteiger partial charge in [-0.1, -0.05) is 75.8 Å². The predicted molar refractivity (Wildman–Crippen MR) is 130 cm³/mol. The van der Waals surface area contributed by atoms with E-state index in [0.717, 1.165) is 32.4 Å². The molecule has 0 amide bonds. The predicted octanol–water partition coefficient (Wildman–Crippen LogP) is 5.38. The van der Waals surface area contributed by atoms with Gasteiger partial charge in [0.1, 0.15) is 0 Å². The van der Waals surface area contributed by atoms with Gasteiger partial charge in [-0.15, -0.1) is 0 Å². The normalized spacial score (nSPS) is 14.0. The molecule has 1 unspecified atom stereocenters. The highest BCUT2D eigenvalue weighted by Gasteiger charge is 2.55. The van der Waals surface area contributed by atoms with Crippen molar-refractivity contribution >= 4 is 0 Å². The lowest BCUT2D eigenvalue weighted by molar-refractivity contribution is -0.412. The van der Waals surface area contributed by atoms with E-state index in [2.05, 4.69) is 42.6 Å². The molecular formula is C26H48N2O3. The first-order chi connectivity index (χ1) is 15.2. The van der Waals surface area contributed by atoms with Crippen LogP contribution >= 0.6 is 0 Å². The number of hydrogen-bond donors (Lipinski definition) is 2. The third kappa shape index (κ3) is 8.47. The molecule has 1 aromatic carbocycles. The summed E-state index contributed by atoms with van der Waals surface area (Å²) in [5.41, 5.74) is 6.52. The molecule has 0 bridgehead atoms. The van der Waals surface area contributed by atoms with Crippen molar-refractivity contribution in [1.82, 2.24) is 5.32 Å². The molecule has 0 aliphatic rings. The Hall–Kier alpha value is -0.980. The summed E-state index contributed by atoms with van der Waals surface area (Å²) in [6, 6.07) is 10.7. The molecule has 1 aromatic rings. The number of unbranched alkanes of at least 4 members (excludes halogenated alkanes) is 5. The number of rotatable bonds is 20. The maximum Gasteiger partial charge on any atom is 0.293 e. The molecule has 0 radical (unpaired) electrons. The van der Waals surface area contributed by atoms with Crippen molar-refractivity contribution in [2.45, 2.75) is 90.4 Å². The molecule has 31 heavy (non-hydrogen) atoms. The quantitative estimate of drug-likeness (QED) is 0.212. The maximum atomic E-state index is 6.39. The molecule has 0 aromatic heterocycles. The zero-order valence-corrected chi connectivity index (χ0v) is 20.6. The summed E-state index contributed by atoms with van der Waals surface area (Å²) in [6.45, 7) is 12.1. The summed E-state index contributed by atoms with van der Waals surface area (Å²) >= 11 is 0. The van der Waals surface area contributed by atoms with E-state index in [9.17, 15) is 0 Å². The molecular weight excluding hydrogens is 388 g/mol. The van der Waals surface area contributed by atoms with Crippen molar-refractivity contribution < 1.29 is 14.2 Å². The van der Waals surface area contributed by atoms with E-state index in [0.29, 0.717) is 26.4 Å². The van der Waals surface area contributed by atoms with Gasteiger partial charge in [0.15, 0.2) is 0 Å². The largest absolute Gasteiger partial charge is 0.329 e. The molecule has 0 saturated heterocycles. The summed E-state index contributed by atoms with van der Waals surface area (Å²) in [5.74, 6) is -1.11. The van der Waals surface area contributed by atoms with Crippen LogP contribution in [0.25, 0.3) is 0 Å². The van der Waals surface area contributed by atoms with Crippen LogP contribution in [0.2, 0.25) is 0 Å². The fraction of sp³-hybridized carbons (Fsp3) is 0.769. The molecule has 0 heterocycles. The van der Waals surface area contributed by atoms with E-state index in [-0.39, 0.29) is 0 Å². The molecule has 0 saturated carbocycles. The third-order valence-corrected chi connectivity index (χ3v) is 5.92. The lowest BCUT2D eigenvalue weighted by Gasteiger charge is -2.49. The maximum absolute atomic E-state index is 6.39. The first kappa shape index (κ1) is 28.1. The smallest absolute Gasteiger partial charge is 0.293 e. The standard InChI is InChI=1S/C26H48N2O3/c1-5-9-10-11-12-16-19-25(20-22-28-23-21-27,24-17-14-13-15-18-24)26(29-6-2,30-7-3)31-8-4/h13-15,17-18,28H,5-12,16,19-23,27H2,1-4H3. The van der Waals surface area contributed by atoms with Gasteiger partial charge in [-0.2, -0.15) is 0 Å². The van der Waals surface area contributed by atoms with Crippen molar-refractivity contribution in [3.05, 3.63) is 35.9 Å². The zero-order chi connectivity index (χ0) is 22.8. The van der Waals surface area contributed by atoms with Crippen LogP contribution in [0, 0.1) is 0 Å². The molecule has 0 aliphatic heterocycles. The number of hydrogen-bond acceptors (Lipinski definition) is 5. The molecule has 5 heteroatoms. The van der Waals surface area contributed by atoms with E-state index in [1.54, 1.807) is 0 Å². The van der Waals surface area contributed by atoms with E-state index < -0.39 is 11.4 Å². The van der Waals surface area contributed by atoms with Gasteiger partial charge in [0.25, 0.3) is 5.97 Å². The number of benzene rings is 1. The Bertz CT molecular complexity index is 524. The first-order valence-electron chi connectivity index (χ1n) is 12.5. The summed E-state index contributed by atoms with van der Waals surface area (Å²) in [6.07, 6.45) is 9.29. The van der Waals surface area contributed by atoms with Gasteiger partial charge in [-0.3, -0.25) is 0 Å². The minimum Gasteiger partial charge on any atom is -0.329 e. The van der Waals surface area contributed by atoms with E-state index >= 15 is 0 Å². The number of nitrogens with two attached hydrogens (primary N) is 1. The van der Waals surface area contributed by atoms with Gasteiger partial charge in [0.05, 0.1) is 5.41 Å². The lowest BCUT2D eigenvalue weighted by Crippen LogP contribution is -2.58. The van der Waals surface area contributed by atoms with Gasteiger partial charge in [-0.05, 0) is 45.7 Å². The van der Waals surface area contributed by atoms with Gasteiger partial charge in [0.2, 0.25) is 0 Å². The number of nitrogens with one attached hydrogen (secondary N) is 1. The van der Waals surface area contributed by atoms with Gasteiger partial charge in [-0.25, -0.2) is 0 Å². The van der Waals surface area contributed by atoms with Crippen molar-refractivity contribution in [2.24, 2.45) is 5.73 Å². The Labute approximate surface area is 191 Å². The summed E-state index contributed by atoms with van der Waals surface area (Å²) < 4.78 is 19.2. The minimum atomic E-state index is -1.11. The second-order valence-electron chi connectivity index (χ2n) is 8.11. The van der Waals surface area contributed by atoms with Crippen LogP contribution in [0.5, 0.6) is 0 Å². The van der Waals surface area contributed by atoms with E-state index in [1.165, 1.54) is 37.7 Å². The summed E-state index contributed by atoms with van der Waals surface area (Å²) in [4.78, 5) is 0. The van der Waals surface area contributed by atoms with Crippen molar-refractivity contribution in [1.29, 1.82) is 0 Å². The van der Waals surface area contributed by atoms with Crippen molar-refractivity contribution in [3.63, 3.8) is 0 Å². The summed E-state index contributed by atoms with van der Waals surface area (Å²) in [7, 11) is 0. The Morgan fingerprint density at radius 2 is 1.32 bits per heavy atom. The monoisotopic (exact) mass is 436 g/mol. The number of ether oxygens (including phenoxy) is 3. The molecule has 180 valence electrons. The van der Waals surface area contributed by atoms with Crippen LogP contribution in [0.15, 0.2) is 30.3 Å². The van der Waals surface area contributed by atoms with Crippen LogP contribution in [-0.2, 0) is 19.6 Å². The fourth-order valence-electron chi connectivity index (χ4n) is 4.50. The summed E-state index contributed by atoms with van der Waals surface area (Å²) in [5, 5.41) is 3.49. The Balaban J connectivity index is 3.33. The minimum absolute atomic E-state index is 0.414. The second-order valence-corrected chi connectivity index (χ2v) is 8.11. The Morgan fingerprint density at radius 1 is 0.742 bits per heavy atom. The zero-order valence-electron chi connectivity index (χ0n) is 20.6. The topological polar surface area (TPSA) is 65.7 Å². The van der Waals surface area contributed by atoms with Gasteiger partial charge >= 0.3 is 0 Å². The van der Waals surface area contributed by atoms with Crippen molar-refractivity contribution in [3.8, 4) is 0 Å². The van der Waals surface area contributed by atoms with Crippen molar-refractivity contribution in [2.75, 3.05) is 39.5 Å². The highest BCUT2D eigenvalue weighted by Crippen LogP contribution is 2.47. The molecule has 1 atom stereocenters. The molecule has 0 fully saturated rings. The Kier molecular flexibility index (Phi) is 15.0. The molecule has 0 aliphatic carbocycles. The fourth-order valence-corrected chi connectivity index (χ4v) is 4.50. The van der Waals surface area contributed by atoms with Crippen LogP contribution in [-0.4, -0.2) is 45.4 Å². The average Bonchev–Trinajstić information content (AvgIpc) is 2.78. The van der Waals surface area contributed by atoms with Crippen LogP contribution in [0.4, 0.5) is 0 Å². The van der Waals surface area contributed by atoms with Crippen LogP contribution in [0.3, 0.4) is 0 Å². The van der Waals surface area contributed by atoms with E-state index in [4.69, 9.17) is 19.9 Å². The van der Waals surface area contributed by atoms with Gasteiger partial charge in [0, 0.05) is 32.9 Å². The molecule has 5 nitrogen and oxygen atoms in total. The molecule has 1 rings (SSSR count). The third-order valence-electron chi connectivity index (χ3n) is 5.92. The highest BCUT2D eigenvalue weighted by molar-refractivity contribution is 5.28. The van der Waals surface area contributed by atoms with Crippen LogP contribution in [0.1, 0.15) is 84.6 Å². The van der Waals surface area contributed by atoms with Gasteiger partial charge < -0.3 is 25.3 Å². The Morgan fingerprint density at radius 3 is 1.87 bits per heavy atom. The van der Waals surface area contributed by atoms with Crippen LogP contribution < -0.4 is 11.1 Å².